The molecule has 0 spiro atoms. The summed E-state index contributed by atoms with van der Waals surface area (Å²) < 4.78 is 6.01. The molecular formula is C29H32ClN3O5. The summed E-state index contributed by atoms with van der Waals surface area (Å²) in [6.07, 6.45) is 4.41. The van der Waals surface area contributed by atoms with Crippen LogP contribution in [0.2, 0.25) is 5.02 Å². The summed E-state index contributed by atoms with van der Waals surface area (Å²) in [6, 6.07) is 12.7. The Morgan fingerprint density at radius 3 is 2.50 bits per heavy atom. The number of fused-ring (bicyclic) bond motifs is 1. The van der Waals surface area contributed by atoms with E-state index >= 15 is 0 Å². The van der Waals surface area contributed by atoms with Crippen LogP contribution in [0.1, 0.15) is 72.3 Å². The Balaban J connectivity index is 1.06. The Morgan fingerprint density at radius 2 is 1.76 bits per heavy atom. The van der Waals surface area contributed by atoms with E-state index < -0.39 is 11.9 Å². The molecule has 38 heavy (non-hydrogen) atoms. The summed E-state index contributed by atoms with van der Waals surface area (Å²) in [5.74, 6) is 0.330. The summed E-state index contributed by atoms with van der Waals surface area (Å²) in [7, 11) is 0. The van der Waals surface area contributed by atoms with Gasteiger partial charge in [0.25, 0.3) is 5.91 Å². The number of hydrogen-bond acceptors (Lipinski definition) is 5. The van der Waals surface area contributed by atoms with Crippen molar-refractivity contribution in [2.75, 3.05) is 19.7 Å². The molecule has 200 valence electrons. The van der Waals surface area contributed by atoms with Crippen molar-refractivity contribution in [1.82, 2.24) is 15.1 Å². The quantitative estimate of drug-likeness (QED) is 0.405. The molecule has 2 saturated heterocycles. The average molecular weight is 538 g/mol. The first-order chi connectivity index (χ1) is 18.4. The highest BCUT2D eigenvalue weighted by molar-refractivity contribution is 6.30. The number of halogens is 1. The maximum absolute atomic E-state index is 12.9. The molecule has 0 bridgehead atoms. The minimum atomic E-state index is -0.650. The van der Waals surface area contributed by atoms with Gasteiger partial charge in [0.1, 0.15) is 11.8 Å². The third-order valence-electron chi connectivity index (χ3n) is 7.77. The molecule has 0 aromatic heterocycles. The van der Waals surface area contributed by atoms with Gasteiger partial charge in [-0.05, 0) is 67.9 Å². The molecule has 3 aliphatic heterocycles. The highest BCUT2D eigenvalue weighted by atomic mass is 35.5. The Bertz CT molecular complexity index is 1220. The number of rotatable bonds is 8. The minimum absolute atomic E-state index is 0.186. The molecule has 0 radical (unpaired) electrons. The van der Waals surface area contributed by atoms with E-state index in [1.807, 2.05) is 23.1 Å². The lowest BCUT2D eigenvalue weighted by molar-refractivity contribution is -0.137. The Morgan fingerprint density at radius 1 is 1.00 bits per heavy atom. The van der Waals surface area contributed by atoms with E-state index in [1.165, 1.54) is 10.5 Å². The van der Waals surface area contributed by atoms with Crippen LogP contribution < -0.4 is 10.1 Å². The topological polar surface area (TPSA) is 96.0 Å². The van der Waals surface area contributed by atoms with E-state index in [0.29, 0.717) is 36.7 Å². The monoisotopic (exact) mass is 537 g/mol. The number of hydrogen-bond donors (Lipinski definition) is 1. The van der Waals surface area contributed by atoms with E-state index in [9.17, 15) is 19.2 Å². The molecular weight excluding hydrogens is 506 g/mol. The molecule has 9 heteroatoms. The first kappa shape index (κ1) is 26.2. The van der Waals surface area contributed by atoms with Gasteiger partial charge in [-0.3, -0.25) is 24.5 Å². The third-order valence-corrected chi connectivity index (χ3v) is 8.02. The van der Waals surface area contributed by atoms with Crippen molar-refractivity contribution in [2.45, 2.75) is 63.5 Å². The first-order valence-electron chi connectivity index (χ1n) is 13.3. The van der Waals surface area contributed by atoms with E-state index in [2.05, 4.69) is 17.4 Å². The van der Waals surface area contributed by atoms with Gasteiger partial charge in [-0.15, -0.1) is 0 Å². The van der Waals surface area contributed by atoms with Crippen molar-refractivity contribution in [3.8, 4) is 5.75 Å². The fraction of sp³-hybridized carbons (Fsp3) is 0.448. The van der Waals surface area contributed by atoms with Gasteiger partial charge in [0.2, 0.25) is 17.7 Å². The highest BCUT2D eigenvalue weighted by Gasteiger charge is 2.40. The Kier molecular flexibility index (Phi) is 7.98. The van der Waals surface area contributed by atoms with Crippen LogP contribution in [-0.4, -0.2) is 59.2 Å². The van der Waals surface area contributed by atoms with Gasteiger partial charge in [-0.1, -0.05) is 29.8 Å². The Hall–Kier alpha value is -3.39. The molecule has 3 aliphatic rings. The summed E-state index contributed by atoms with van der Waals surface area (Å²) in [5.41, 5.74) is 2.58. The lowest BCUT2D eigenvalue weighted by atomic mass is 9.89. The van der Waals surface area contributed by atoms with Crippen LogP contribution in [0.5, 0.6) is 5.75 Å². The number of imide groups is 1. The molecule has 1 atom stereocenters. The summed E-state index contributed by atoms with van der Waals surface area (Å²) in [5, 5.41) is 3.06. The fourth-order valence-electron chi connectivity index (χ4n) is 5.61. The number of nitrogens with one attached hydrogen (secondary N) is 1. The van der Waals surface area contributed by atoms with Gasteiger partial charge in [0, 0.05) is 42.1 Å². The lowest BCUT2D eigenvalue weighted by Gasteiger charge is -2.32. The van der Waals surface area contributed by atoms with Gasteiger partial charge >= 0.3 is 0 Å². The van der Waals surface area contributed by atoms with Crippen molar-refractivity contribution >= 4 is 35.2 Å². The van der Waals surface area contributed by atoms with Crippen molar-refractivity contribution in [3.63, 3.8) is 0 Å². The average Bonchev–Trinajstić information content (AvgIpc) is 3.25. The number of amides is 4. The SMILES string of the molecule is O=C1CCC(N2Cc3c(OCCCCC(=O)N4CCC(c5ccc(Cl)cc5)CC4)cccc3C2=O)C(=O)N1. The van der Waals surface area contributed by atoms with Gasteiger partial charge in [0.15, 0.2) is 0 Å². The molecule has 4 amide bonds. The molecule has 2 fully saturated rings. The summed E-state index contributed by atoms with van der Waals surface area (Å²) in [6.45, 7) is 2.27. The van der Waals surface area contributed by atoms with E-state index in [1.54, 1.807) is 12.1 Å². The van der Waals surface area contributed by atoms with Gasteiger partial charge in [-0.25, -0.2) is 0 Å². The number of unbranched alkanes of at least 4 members (excludes halogenated alkanes) is 1. The van der Waals surface area contributed by atoms with Crippen LogP contribution >= 0.6 is 11.6 Å². The molecule has 3 heterocycles. The number of likely N-dealkylation sites (tertiary alicyclic amines) is 1. The second-order valence-corrected chi connectivity index (χ2v) is 10.6. The second-order valence-electron chi connectivity index (χ2n) is 10.2. The number of piperidine rings is 2. The lowest BCUT2D eigenvalue weighted by Crippen LogP contribution is -2.52. The minimum Gasteiger partial charge on any atom is -0.493 e. The second kappa shape index (κ2) is 11.6. The van der Waals surface area contributed by atoms with Gasteiger partial charge < -0.3 is 14.5 Å². The van der Waals surface area contributed by atoms with E-state index in [4.69, 9.17) is 16.3 Å². The van der Waals surface area contributed by atoms with E-state index in [-0.39, 0.29) is 30.7 Å². The van der Waals surface area contributed by atoms with Crippen LogP contribution in [0.4, 0.5) is 0 Å². The standard InChI is InChI=1S/C29H32ClN3O5/c30-21-9-7-19(8-10-21)20-13-15-32(16-14-20)27(35)6-1-2-17-38-25-5-3-4-22-23(25)18-33(29(22)37)24-11-12-26(34)31-28(24)36/h3-5,7-10,20,24H,1-2,6,11-18H2,(H,31,34,36). The zero-order chi connectivity index (χ0) is 26.6. The van der Waals surface area contributed by atoms with Crippen molar-refractivity contribution in [2.24, 2.45) is 0 Å². The molecule has 1 unspecified atom stereocenters. The van der Waals surface area contributed by atoms with Crippen LogP contribution in [0.15, 0.2) is 42.5 Å². The van der Waals surface area contributed by atoms with Crippen LogP contribution in [0, 0.1) is 0 Å². The zero-order valence-electron chi connectivity index (χ0n) is 21.3. The normalized spacial score (nSPS) is 19.9. The van der Waals surface area contributed by atoms with Crippen LogP contribution in [0.25, 0.3) is 0 Å². The molecule has 0 saturated carbocycles. The summed E-state index contributed by atoms with van der Waals surface area (Å²) in [4.78, 5) is 52.9. The largest absolute Gasteiger partial charge is 0.493 e. The van der Waals surface area contributed by atoms with Crippen molar-refractivity contribution < 1.29 is 23.9 Å². The zero-order valence-corrected chi connectivity index (χ0v) is 22.0. The number of benzene rings is 2. The molecule has 2 aromatic rings. The molecule has 8 nitrogen and oxygen atoms in total. The third kappa shape index (κ3) is 5.70. The Labute approximate surface area is 227 Å². The first-order valence-corrected chi connectivity index (χ1v) is 13.7. The maximum Gasteiger partial charge on any atom is 0.255 e. The van der Waals surface area contributed by atoms with E-state index in [0.717, 1.165) is 49.4 Å². The number of ether oxygens (including phenoxy) is 1. The number of carbonyl (C=O) groups excluding carboxylic acids is 4. The molecule has 0 aliphatic carbocycles. The molecule has 2 aromatic carbocycles. The van der Waals surface area contributed by atoms with Crippen molar-refractivity contribution in [1.29, 1.82) is 0 Å². The van der Waals surface area contributed by atoms with Crippen LogP contribution in [0.3, 0.4) is 0 Å². The maximum atomic E-state index is 12.9. The predicted molar refractivity (Wildman–Crippen MR) is 142 cm³/mol. The van der Waals surface area contributed by atoms with Gasteiger partial charge in [0.05, 0.1) is 13.2 Å². The number of carbonyl (C=O) groups is 4. The number of nitrogens with zero attached hydrogens (tertiary/aromatic N) is 2. The van der Waals surface area contributed by atoms with Gasteiger partial charge in [-0.2, -0.15) is 0 Å². The molecule has 1 N–H and O–H groups in total. The fourth-order valence-corrected chi connectivity index (χ4v) is 5.73. The highest BCUT2D eigenvalue weighted by Crippen LogP contribution is 2.34. The summed E-state index contributed by atoms with van der Waals surface area (Å²) >= 11 is 6.00. The smallest absolute Gasteiger partial charge is 0.255 e. The predicted octanol–water partition coefficient (Wildman–Crippen LogP) is 4.06. The van der Waals surface area contributed by atoms with Crippen LogP contribution in [-0.2, 0) is 20.9 Å². The van der Waals surface area contributed by atoms with Crippen molar-refractivity contribution in [3.05, 3.63) is 64.2 Å². The molecule has 5 rings (SSSR count).